The van der Waals surface area contributed by atoms with Crippen molar-refractivity contribution in [2.24, 2.45) is 0 Å². The monoisotopic (exact) mass is 253 g/mol. The third-order valence-electron chi connectivity index (χ3n) is 3.60. The van der Waals surface area contributed by atoms with Gasteiger partial charge in [0.25, 0.3) is 0 Å². The molecule has 6 nitrogen and oxygen atoms in total. The number of rotatable bonds is 2. The van der Waals surface area contributed by atoms with Crippen molar-refractivity contribution >= 4 is 6.29 Å². The molecule has 18 heavy (non-hydrogen) atoms. The summed E-state index contributed by atoms with van der Waals surface area (Å²) in [5, 5.41) is 18.9. The van der Waals surface area contributed by atoms with Gasteiger partial charge in [-0.25, -0.2) is 0 Å². The molecule has 0 bridgehead atoms. The maximum atomic E-state index is 10.9. The second kappa shape index (κ2) is 4.17. The predicted molar refractivity (Wildman–Crippen MR) is 59.9 cm³/mol. The molecule has 2 aliphatic heterocycles. The van der Waals surface area contributed by atoms with Gasteiger partial charge < -0.3 is 24.3 Å². The number of carbonyl (C=O) groups is 1. The molecule has 6 heteroatoms. The molecule has 0 aliphatic carbocycles. The predicted octanol–water partition coefficient (Wildman–Crippen LogP) is -0.331. The normalized spacial score (nSPS) is 34.8. The van der Waals surface area contributed by atoms with Crippen LogP contribution in [-0.2, 0) is 22.6 Å². The Morgan fingerprint density at radius 2 is 2.39 bits per heavy atom. The molecule has 2 N–H and O–H groups in total. The summed E-state index contributed by atoms with van der Waals surface area (Å²) >= 11 is 0. The van der Waals surface area contributed by atoms with Crippen LogP contribution in [0.1, 0.15) is 22.6 Å². The first kappa shape index (κ1) is 11.9. The van der Waals surface area contributed by atoms with Crippen molar-refractivity contribution in [3.63, 3.8) is 0 Å². The van der Waals surface area contributed by atoms with Crippen LogP contribution in [0.5, 0.6) is 0 Å². The molecule has 1 spiro atoms. The summed E-state index contributed by atoms with van der Waals surface area (Å²) in [7, 11) is 0. The lowest BCUT2D eigenvalue weighted by Gasteiger charge is -2.35. The van der Waals surface area contributed by atoms with E-state index in [9.17, 15) is 9.90 Å². The van der Waals surface area contributed by atoms with Crippen molar-refractivity contribution in [1.29, 1.82) is 0 Å². The van der Waals surface area contributed by atoms with Gasteiger partial charge in [-0.05, 0) is 12.1 Å². The fraction of sp³-hybridized carbons (Fsp3) is 0.583. The van der Waals surface area contributed by atoms with E-state index in [1.165, 1.54) is 0 Å². The second-order valence-electron chi connectivity index (χ2n) is 4.76. The number of fused-ring (bicyclic) bond motifs is 1. The summed E-state index contributed by atoms with van der Waals surface area (Å²) in [6, 6.07) is 3.57. The molecule has 3 heterocycles. The highest BCUT2D eigenvalue weighted by Crippen LogP contribution is 2.37. The van der Waals surface area contributed by atoms with Gasteiger partial charge in [-0.1, -0.05) is 0 Å². The fourth-order valence-corrected chi connectivity index (χ4v) is 2.65. The van der Waals surface area contributed by atoms with Crippen molar-refractivity contribution in [1.82, 2.24) is 4.57 Å². The van der Waals surface area contributed by atoms with E-state index in [-0.39, 0.29) is 6.61 Å². The van der Waals surface area contributed by atoms with Crippen LogP contribution >= 0.6 is 0 Å². The third-order valence-corrected chi connectivity index (χ3v) is 3.60. The fourth-order valence-electron chi connectivity index (χ4n) is 2.65. The van der Waals surface area contributed by atoms with Gasteiger partial charge in [0.15, 0.2) is 12.1 Å². The summed E-state index contributed by atoms with van der Waals surface area (Å²) in [4.78, 5) is 10.9. The number of ether oxygens (including phenoxy) is 2. The Morgan fingerprint density at radius 3 is 3.06 bits per heavy atom. The summed E-state index contributed by atoms with van der Waals surface area (Å²) in [5.74, 6) is -0.934. The number of aliphatic hydroxyl groups is 2. The van der Waals surface area contributed by atoms with Crippen LogP contribution in [0.2, 0.25) is 0 Å². The Morgan fingerprint density at radius 1 is 1.56 bits per heavy atom. The maximum absolute atomic E-state index is 10.9. The van der Waals surface area contributed by atoms with E-state index in [1.54, 1.807) is 6.07 Å². The van der Waals surface area contributed by atoms with Crippen molar-refractivity contribution in [2.75, 3.05) is 6.61 Å². The van der Waals surface area contributed by atoms with Crippen LogP contribution in [0.25, 0.3) is 0 Å². The zero-order valence-corrected chi connectivity index (χ0v) is 9.78. The van der Waals surface area contributed by atoms with Crippen LogP contribution in [0.3, 0.4) is 0 Å². The second-order valence-corrected chi connectivity index (χ2v) is 4.76. The average molecular weight is 253 g/mol. The Balaban J connectivity index is 1.88. The van der Waals surface area contributed by atoms with Crippen molar-refractivity contribution in [3.05, 3.63) is 23.5 Å². The number of carbonyl (C=O) groups excluding carboxylic acids is 1. The molecular weight excluding hydrogens is 238 g/mol. The summed E-state index contributed by atoms with van der Waals surface area (Å²) < 4.78 is 13.1. The summed E-state index contributed by atoms with van der Waals surface area (Å²) in [6.07, 6.45) is -0.278. The van der Waals surface area contributed by atoms with Gasteiger partial charge in [-0.15, -0.1) is 0 Å². The van der Waals surface area contributed by atoms with E-state index in [0.29, 0.717) is 25.3 Å². The van der Waals surface area contributed by atoms with Crippen LogP contribution < -0.4 is 0 Å². The molecule has 3 atom stereocenters. The molecule has 1 saturated heterocycles. The zero-order chi connectivity index (χ0) is 12.8. The maximum Gasteiger partial charge on any atom is 0.189 e. The Bertz CT molecular complexity index is 471. The van der Waals surface area contributed by atoms with E-state index in [1.807, 2.05) is 10.6 Å². The smallest absolute Gasteiger partial charge is 0.189 e. The molecule has 1 aromatic rings. The van der Waals surface area contributed by atoms with Gasteiger partial charge >= 0.3 is 0 Å². The number of hydrogen-bond donors (Lipinski definition) is 2. The van der Waals surface area contributed by atoms with E-state index >= 15 is 0 Å². The quantitative estimate of drug-likeness (QED) is 0.705. The van der Waals surface area contributed by atoms with Gasteiger partial charge in [0.1, 0.15) is 6.10 Å². The lowest BCUT2D eigenvalue weighted by Crippen LogP contribution is -2.42. The average Bonchev–Trinajstić information content (AvgIpc) is 2.90. The van der Waals surface area contributed by atoms with Gasteiger partial charge in [-0.3, -0.25) is 4.79 Å². The van der Waals surface area contributed by atoms with Crippen molar-refractivity contribution in [2.45, 2.75) is 37.6 Å². The Kier molecular flexibility index (Phi) is 2.74. The molecule has 2 aliphatic rings. The highest BCUT2D eigenvalue weighted by atomic mass is 16.7. The minimum Gasteiger partial charge on any atom is -0.394 e. The molecule has 98 valence electrons. The van der Waals surface area contributed by atoms with Gasteiger partial charge in [0.05, 0.1) is 31.6 Å². The molecule has 0 unspecified atom stereocenters. The van der Waals surface area contributed by atoms with E-state index < -0.39 is 18.0 Å². The van der Waals surface area contributed by atoms with Crippen LogP contribution in [0.4, 0.5) is 0 Å². The molecule has 1 fully saturated rings. The summed E-state index contributed by atoms with van der Waals surface area (Å²) in [5.41, 5.74) is 1.48. The first-order chi connectivity index (χ1) is 8.67. The topological polar surface area (TPSA) is 80.9 Å². The zero-order valence-electron chi connectivity index (χ0n) is 9.78. The van der Waals surface area contributed by atoms with Crippen molar-refractivity contribution in [3.8, 4) is 0 Å². The highest BCUT2D eigenvalue weighted by molar-refractivity contribution is 5.72. The molecule has 3 rings (SSSR count). The molecule has 0 saturated carbocycles. The van der Waals surface area contributed by atoms with Gasteiger partial charge in [0, 0.05) is 12.1 Å². The molecule has 0 radical (unpaired) electrons. The number of aliphatic hydroxyl groups excluding tert-OH is 2. The van der Waals surface area contributed by atoms with Crippen molar-refractivity contribution < 1.29 is 24.5 Å². The first-order valence-electron chi connectivity index (χ1n) is 5.92. The molecule has 1 aromatic heterocycles. The lowest BCUT2D eigenvalue weighted by atomic mass is 10.1. The van der Waals surface area contributed by atoms with Crippen LogP contribution in [0.15, 0.2) is 12.1 Å². The SMILES string of the molecule is O=Cc1ccc2n1C[C@]1(C[C@@H](O)[C@@H](CO)O1)OC2. The minimum atomic E-state index is -0.934. The lowest BCUT2D eigenvalue weighted by molar-refractivity contribution is -0.255. The van der Waals surface area contributed by atoms with Crippen LogP contribution in [-0.4, -0.2) is 45.7 Å². The molecule has 0 amide bonds. The minimum absolute atomic E-state index is 0.245. The number of nitrogens with zero attached hydrogens (tertiary/aromatic N) is 1. The Labute approximate surface area is 104 Å². The van der Waals surface area contributed by atoms with Gasteiger partial charge in [0.2, 0.25) is 0 Å². The Hall–Kier alpha value is -1.21. The number of aldehydes is 1. The van der Waals surface area contributed by atoms with Gasteiger partial charge in [-0.2, -0.15) is 0 Å². The van der Waals surface area contributed by atoms with Crippen LogP contribution in [0, 0.1) is 0 Å². The summed E-state index contributed by atoms with van der Waals surface area (Å²) in [6.45, 7) is 0.445. The van der Waals surface area contributed by atoms with E-state index in [2.05, 4.69) is 0 Å². The molecule has 0 aromatic carbocycles. The third kappa shape index (κ3) is 1.69. The first-order valence-corrected chi connectivity index (χ1v) is 5.92. The number of hydrogen-bond acceptors (Lipinski definition) is 5. The number of aromatic nitrogens is 1. The highest BCUT2D eigenvalue weighted by Gasteiger charge is 2.49. The van der Waals surface area contributed by atoms with E-state index in [0.717, 1.165) is 12.0 Å². The largest absolute Gasteiger partial charge is 0.394 e. The van der Waals surface area contributed by atoms with E-state index in [4.69, 9.17) is 14.6 Å². The molecular formula is C12H15NO5. The standard InChI is InChI=1S/C12H15NO5/c14-4-8-1-2-9-6-17-12(7-13(8)9)3-10(16)11(5-15)18-12/h1-2,4,10-11,15-16H,3,5-7H2/t10-,11-,12-/m1/s1.